The Morgan fingerprint density at radius 1 is 1.32 bits per heavy atom. The number of nitrogen functional groups attached to an aromatic ring is 1. The van der Waals surface area contributed by atoms with Crippen LogP contribution >= 0.6 is 0 Å². The van der Waals surface area contributed by atoms with Crippen LogP contribution in [-0.2, 0) is 7.05 Å². The average Bonchev–Trinajstić information content (AvgIpc) is 3.11. The Bertz CT molecular complexity index is 1030. The lowest BCUT2D eigenvalue weighted by Crippen LogP contribution is -2.31. The first-order chi connectivity index (χ1) is 13.4. The zero-order valence-corrected chi connectivity index (χ0v) is 15.3. The third kappa shape index (κ3) is 3.78. The van der Waals surface area contributed by atoms with E-state index < -0.39 is 16.9 Å². The number of carbonyl (C=O) groups excluding carboxylic acids is 1. The number of carbonyl (C=O) groups is 1. The highest BCUT2D eigenvalue weighted by atomic mass is 16.6. The van der Waals surface area contributed by atoms with Crippen molar-refractivity contribution >= 4 is 17.3 Å². The van der Waals surface area contributed by atoms with E-state index >= 15 is 0 Å². The van der Waals surface area contributed by atoms with E-state index in [1.807, 2.05) is 19.2 Å². The SMILES string of the molecule is COc1cccc(C(NC(=O)c2ccc(N)c([N+](=O)[O-])c2)c2nccn2C)c1. The molecule has 0 saturated heterocycles. The third-order valence-corrected chi connectivity index (χ3v) is 4.31. The summed E-state index contributed by atoms with van der Waals surface area (Å²) in [5.41, 5.74) is 6.17. The number of imidazole rings is 1. The van der Waals surface area contributed by atoms with Crippen LogP contribution in [0.15, 0.2) is 54.9 Å². The number of rotatable bonds is 6. The molecule has 0 radical (unpaired) electrons. The number of hydrogen-bond donors (Lipinski definition) is 2. The molecule has 0 aliphatic heterocycles. The molecule has 3 N–H and O–H groups in total. The zero-order valence-electron chi connectivity index (χ0n) is 15.3. The van der Waals surface area contributed by atoms with Gasteiger partial charge < -0.3 is 20.4 Å². The molecule has 2 aromatic carbocycles. The number of hydrogen-bond acceptors (Lipinski definition) is 6. The highest BCUT2D eigenvalue weighted by Crippen LogP contribution is 2.26. The predicted molar refractivity (Wildman–Crippen MR) is 103 cm³/mol. The van der Waals surface area contributed by atoms with Crippen molar-refractivity contribution in [2.45, 2.75) is 6.04 Å². The first-order valence-electron chi connectivity index (χ1n) is 8.36. The standard InChI is InChI=1S/C19H19N5O4/c1-23-9-8-21-18(23)17(12-4-3-5-14(10-12)28-2)22-19(25)13-6-7-15(20)16(11-13)24(26)27/h3-11,17H,20H2,1-2H3,(H,22,25). The Hall–Kier alpha value is -3.88. The van der Waals surface area contributed by atoms with Gasteiger partial charge in [-0.1, -0.05) is 12.1 Å². The van der Waals surface area contributed by atoms with Gasteiger partial charge in [-0.2, -0.15) is 0 Å². The van der Waals surface area contributed by atoms with Gasteiger partial charge in [0.25, 0.3) is 11.6 Å². The minimum Gasteiger partial charge on any atom is -0.497 e. The summed E-state index contributed by atoms with van der Waals surface area (Å²) in [4.78, 5) is 27.7. The number of benzene rings is 2. The molecule has 144 valence electrons. The second-order valence-electron chi connectivity index (χ2n) is 6.11. The summed E-state index contributed by atoms with van der Waals surface area (Å²) in [6.07, 6.45) is 3.39. The molecule has 0 spiro atoms. The summed E-state index contributed by atoms with van der Waals surface area (Å²) in [7, 11) is 3.37. The van der Waals surface area contributed by atoms with E-state index in [-0.39, 0.29) is 16.9 Å². The van der Waals surface area contributed by atoms with E-state index in [1.165, 1.54) is 12.1 Å². The molecule has 9 heteroatoms. The molecule has 3 aromatic rings. The normalized spacial score (nSPS) is 11.6. The fourth-order valence-corrected chi connectivity index (χ4v) is 2.83. The lowest BCUT2D eigenvalue weighted by molar-refractivity contribution is -0.383. The van der Waals surface area contributed by atoms with Crippen molar-refractivity contribution in [3.8, 4) is 5.75 Å². The summed E-state index contributed by atoms with van der Waals surface area (Å²) < 4.78 is 7.06. The quantitative estimate of drug-likeness (QED) is 0.384. The third-order valence-electron chi connectivity index (χ3n) is 4.31. The molecule has 1 amide bonds. The number of nitrogens with zero attached hydrogens (tertiary/aromatic N) is 3. The molecule has 0 aliphatic carbocycles. The minimum absolute atomic E-state index is 0.00463. The Kier molecular flexibility index (Phi) is 5.25. The molecule has 3 rings (SSSR count). The molecule has 1 heterocycles. The number of amides is 1. The number of nitro benzene ring substituents is 1. The molecular formula is C19H19N5O4. The number of aromatic nitrogens is 2. The zero-order chi connectivity index (χ0) is 20.3. The smallest absolute Gasteiger partial charge is 0.292 e. The van der Waals surface area contributed by atoms with Crippen molar-refractivity contribution in [1.82, 2.24) is 14.9 Å². The number of nitrogens with two attached hydrogens (primary N) is 1. The Balaban J connectivity index is 1.98. The summed E-state index contributed by atoms with van der Waals surface area (Å²) in [5.74, 6) is 0.750. The van der Waals surface area contributed by atoms with E-state index in [4.69, 9.17) is 10.5 Å². The van der Waals surface area contributed by atoms with Crippen molar-refractivity contribution in [3.63, 3.8) is 0 Å². The van der Waals surface area contributed by atoms with Crippen molar-refractivity contribution in [2.24, 2.45) is 7.05 Å². The molecule has 1 aromatic heterocycles. The van der Waals surface area contributed by atoms with Gasteiger partial charge in [0.2, 0.25) is 0 Å². The van der Waals surface area contributed by atoms with Crippen LogP contribution in [0.25, 0.3) is 0 Å². The van der Waals surface area contributed by atoms with Gasteiger partial charge in [0.1, 0.15) is 23.3 Å². The van der Waals surface area contributed by atoms with Crippen LogP contribution in [0.2, 0.25) is 0 Å². The van der Waals surface area contributed by atoms with Crippen molar-refractivity contribution in [1.29, 1.82) is 0 Å². The monoisotopic (exact) mass is 381 g/mol. The molecule has 0 fully saturated rings. The number of nitro groups is 1. The highest BCUT2D eigenvalue weighted by molar-refractivity contribution is 5.96. The number of aryl methyl sites for hydroxylation is 1. The molecule has 1 unspecified atom stereocenters. The van der Waals surface area contributed by atoms with Crippen LogP contribution in [0.3, 0.4) is 0 Å². The first kappa shape index (κ1) is 18.9. The van der Waals surface area contributed by atoms with Gasteiger partial charge in [-0.05, 0) is 29.8 Å². The highest BCUT2D eigenvalue weighted by Gasteiger charge is 2.23. The average molecular weight is 381 g/mol. The van der Waals surface area contributed by atoms with Crippen LogP contribution in [0.5, 0.6) is 5.75 Å². The van der Waals surface area contributed by atoms with Gasteiger partial charge in [0.05, 0.1) is 12.0 Å². The Labute approximate surface area is 160 Å². The van der Waals surface area contributed by atoms with Gasteiger partial charge >= 0.3 is 0 Å². The maximum absolute atomic E-state index is 12.8. The molecule has 0 aliphatic rings. The molecule has 0 saturated carbocycles. The molecule has 28 heavy (non-hydrogen) atoms. The predicted octanol–water partition coefficient (Wildman–Crippen LogP) is 2.44. The topological polar surface area (TPSA) is 125 Å². The van der Waals surface area contributed by atoms with E-state index in [9.17, 15) is 14.9 Å². The lowest BCUT2D eigenvalue weighted by atomic mass is 10.0. The Morgan fingerprint density at radius 2 is 2.11 bits per heavy atom. The molecule has 9 nitrogen and oxygen atoms in total. The fraction of sp³-hybridized carbons (Fsp3) is 0.158. The minimum atomic E-state index is -0.621. The maximum atomic E-state index is 12.8. The van der Waals surface area contributed by atoms with Crippen LogP contribution in [0.4, 0.5) is 11.4 Å². The van der Waals surface area contributed by atoms with Gasteiger partial charge in [0.15, 0.2) is 0 Å². The van der Waals surface area contributed by atoms with Gasteiger partial charge in [-0.15, -0.1) is 0 Å². The summed E-state index contributed by atoms with van der Waals surface area (Å²) >= 11 is 0. The second-order valence-corrected chi connectivity index (χ2v) is 6.11. The van der Waals surface area contributed by atoms with Crippen LogP contribution in [0, 0.1) is 10.1 Å². The van der Waals surface area contributed by atoms with E-state index in [1.54, 1.807) is 36.2 Å². The largest absolute Gasteiger partial charge is 0.497 e. The summed E-state index contributed by atoms with van der Waals surface area (Å²) in [5, 5.41) is 14.0. The van der Waals surface area contributed by atoms with Crippen molar-refractivity contribution in [3.05, 3.63) is 81.9 Å². The number of anilines is 1. The Morgan fingerprint density at radius 3 is 2.75 bits per heavy atom. The maximum Gasteiger partial charge on any atom is 0.292 e. The molecular weight excluding hydrogens is 362 g/mol. The first-order valence-corrected chi connectivity index (χ1v) is 8.36. The van der Waals surface area contributed by atoms with E-state index in [2.05, 4.69) is 10.3 Å². The van der Waals surface area contributed by atoms with Gasteiger partial charge in [-0.25, -0.2) is 4.98 Å². The second kappa shape index (κ2) is 7.78. The van der Waals surface area contributed by atoms with E-state index in [0.717, 1.165) is 11.6 Å². The number of ether oxygens (including phenoxy) is 1. The summed E-state index contributed by atoms with van der Waals surface area (Å²) in [6.45, 7) is 0. The molecule has 1 atom stereocenters. The lowest BCUT2D eigenvalue weighted by Gasteiger charge is -2.20. The van der Waals surface area contributed by atoms with Crippen molar-refractivity contribution in [2.75, 3.05) is 12.8 Å². The molecule has 0 bridgehead atoms. The van der Waals surface area contributed by atoms with Gasteiger partial charge in [-0.3, -0.25) is 14.9 Å². The van der Waals surface area contributed by atoms with E-state index in [0.29, 0.717) is 11.6 Å². The fourth-order valence-electron chi connectivity index (χ4n) is 2.83. The summed E-state index contributed by atoms with van der Waals surface area (Å²) in [6, 6.07) is 10.6. The van der Waals surface area contributed by atoms with Crippen LogP contribution in [0.1, 0.15) is 27.8 Å². The van der Waals surface area contributed by atoms with Crippen molar-refractivity contribution < 1.29 is 14.5 Å². The number of nitrogens with one attached hydrogen (secondary N) is 1. The van der Waals surface area contributed by atoms with Gasteiger partial charge in [0, 0.05) is 31.1 Å². The number of methoxy groups -OCH3 is 1. The van der Waals surface area contributed by atoms with Crippen LogP contribution < -0.4 is 15.8 Å². The van der Waals surface area contributed by atoms with Crippen LogP contribution in [-0.4, -0.2) is 27.5 Å².